The van der Waals surface area contributed by atoms with E-state index in [4.69, 9.17) is 17.3 Å². The van der Waals surface area contributed by atoms with Gasteiger partial charge in [0, 0.05) is 29.7 Å². The molecule has 1 saturated heterocycles. The van der Waals surface area contributed by atoms with Crippen molar-refractivity contribution in [3.8, 4) is 0 Å². The minimum Gasteiger partial charge on any atom is -0.398 e. The molecule has 1 aromatic rings. The van der Waals surface area contributed by atoms with Gasteiger partial charge in [-0.3, -0.25) is 0 Å². The number of hydrogen-bond acceptors (Lipinski definition) is 2. The van der Waals surface area contributed by atoms with Crippen molar-refractivity contribution >= 4 is 17.3 Å². The summed E-state index contributed by atoms with van der Waals surface area (Å²) >= 11 is 6.20. The maximum absolute atomic E-state index is 6.20. The molecule has 3 N–H and O–H groups in total. The molecule has 1 aromatic carbocycles. The van der Waals surface area contributed by atoms with Crippen molar-refractivity contribution in [3.63, 3.8) is 0 Å². The third-order valence-corrected chi connectivity index (χ3v) is 3.18. The topological polar surface area (TPSA) is 38.0 Å². The Morgan fingerprint density at radius 3 is 2.69 bits per heavy atom. The number of nitrogens with two attached hydrogens (primary N) is 1. The minimum atomic E-state index is 0.576. The first-order valence-corrected chi connectivity index (χ1v) is 4.83. The fourth-order valence-corrected chi connectivity index (χ4v) is 1.87. The molecule has 1 aliphatic heterocycles. The van der Waals surface area contributed by atoms with Gasteiger partial charge in [-0.2, -0.15) is 0 Å². The Morgan fingerprint density at radius 1 is 1.46 bits per heavy atom. The molecule has 13 heavy (non-hydrogen) atoms. The maximum Gasteiger partial charge on any atom is 0.0491 e. The standard InChI is InChI=1S/C10H13ClN2/c1-6-9(12)3-2-8(10(6)11)7-4-13-5-7/h2-3,7,13H,4-5,12H2,1H3. The van der Waals surface area contributed by atoms with Crippen LogP contribution in [0.5, 0.6) is 0 Å². The maximum atomic E-state index is 6.20. The summed E-state index contributed by atoms with van der Waals surface area (Å²) in [5, 5.41) is 4.07. The largest absolute Gasteiger partial charge is 0.398 e. The van der Waals surface area contributed by atoms with Crippen LogP contribution in [0.15, 0.2) is 12.1 Å². The zero-order valence-corrected chi connectivity index (χ0v) is 8.36. The van der Waals surface area contributed by atoms with E-state index in [2.05, 4.69) is 5.32 Å². The van der Waals surface area contributed by atoms with Gasteiger partial charge in [-0.15, -0.1) is 0 Å². The molecule has 1 heterocycles. The van der Waals surface area contributed by atoms with Crippen LogP contribution in [0.25, 0.3) is 0 Å². The van der Waals surface area contributed by atoms with Crippen LogP contribution >= 0.6 is 11.6 Å². The second-order valence-electron chi connectivity index (χ2n) is 3.54. The number of benzene rings is 1. The molecule has 2 nitrogen and oxygen atoms in total. The lowest BCUT2D eigenvalue weighted by molar-refractivity contribution is 0.448. The molecule has 0 unspecified atom stereocenters. The summed E-state index contributed by atoms with van der Waals surface area (Å²) in [6.45, 7) is 4.03. The lowest BCUT2D eigenvalue weighted by Gasteiger charge is -2.28. The number of anilines is 1. The van der Waals surface area contributed by atoms with Crippen LogP contribution in [0.4, 0.5) is 5.69 Å². The van der Waals surface area contributed by atoms with Crippen molar-refractivity contribution in [2.75, 3.05) is 18.8 Å². The van der Waals surface area contributed by atoms with Gasteiger partial charge >= 0.3 is 0 Å². The number of rotatable bonds is 1. The summed E-state index contributed by atoms with van der Waals surface area (Å²) in [7, 11) is 0. The molecule has 0 amide bonds. The van der Waals surface area contributed by atoms with E-state index >= 15 is 0 Å². The number of nitrogen functional groups attached to an aromatic ring is 1. The minimum absolute atomic E-state index is 0.576. The molecule has 1 aliphatic rings. The highest BCUT2D eigenvalue weighted by Gasteiger charge is 2.22. The summed E-state index contributed by atoms with van der Waals surface area (Å²) in [6.07, 6.45) is 0. The van der Waals surface area contributed by atoms with Crippen LogP contribution in [0.2, 0.25) is 5.02 Å². The quantitative estimate of drug-likeness (QED) is 0.674. The van der Waals surface area contributed by atoms with Gasteiger partial charge in [-0.25, -0.2) is 0 Å². The second-order valence-corrected chi connectivity index (χ2v) is 3.92. The SMILES string of the molecule is Cc1c(N)ccc(C2CNC2)c1Cl. The molecule has 2 rings (SSSR count). The van der Waals surface area contributed by atoms with Crippen LogP contribution in [0.1, 0.15) is 17.0 Å². The molecule has 0 aliphatic carbocycles. The van der Waals surface area contributed by atoms with Gasteiger partial charge in [0.2, 0.25) is 0 Å². The average Bonchev–Trinajstić information content (AvgIpc) is 2.03. The predicted octanol–water partition coefficient (Wildman–Crippen LogP) is 1.92. The van der Waals surface area contributed by atoms with Crippen molar-refractivity contribution in [2.24, 2.45) is 0 Å². The van der Waals surface area contributed by atoms with Crippen molar-refractivity contribution in [1.29, 1.82) is 0 Å². The lowest BCUT2D eigenvalue weighted by atomic mass is 9.92. The fourth-order valence-electron chi connectivity index (χ4n) is 1.54. The van der Waals surface area contributed by atoms with E-state index in [0.717, 1.165) is 29.4 Å². The van der Waals surface area contributed by atoms with Crippen molar-refractivity contribution in [1.82, 2.24) is 5.32 Å². The van der Waals surface area contributed by atoms with E-state index in [0.29, 0.717) is 5.92 Å². The lowest BCUT2D eigenvalue weighted by Crippen LogP contribution is -2.40. The molecule has 0 atom stereocenters. The zero-order chi connectivity index (χ0) is 9.42. The van der Waals surface area contributed by atoms with Crippen molar-refractivity contribution in [3.05, 3.63) is 28.3 Å². The van der Waals surface area contributed by atoms with Crippen LogP contribution in [-0.4, -0.2) is 13.1 Å². The predicted molar refractivity (Wildman–Crippen MR) is 56.2 cm³/mol. The fraction of sp³-hybridized carbons (Fsp3) is 0.400. The molecule has 0 aromatic heterocycles. The summed E-state index contributed by atoms with van der Waals surface area (Å²) in [6, 6.07) is 3.98. The molecule has 1 fully saturated rings. The molecule has 3 heteroatoms. The molecule has 0 spiro atoms. The first kappa shape index (κ1) is 8.85. The van der Waals surface area contributed by atoms with E-state index in [-0.39, 0.29) is 0 Å². The van der Waals surface area contributed by atoms with Gasteiger partial charge in [-0.05, 0) is 24.1 Å². The Labute approximate surface area is 83.1 Å². The van der Waals surface area contributed by atoms with E-state index in [1.807, 2.05) is 19.1 Å². The Bertz CT molecular complexity index is 332. The van der Waals surface area contributed by atoms with E-state index < -0.39 is 0 Å². The van der Waals surface area contributed by atoms with E-state index in [1.165, 1.54) is 5.56 Å². The third-order valence-electron chi connectivity index (χ3n) is 2.68. The van der Waals surface area contributed by atoms with Gasteiger partial charge in [-0.1, -0.05) is 17.7 Å². The first-order valence-electron chi connectivity index (χ1n) is 4.45. The van der Waals surface area contributed by atoms with Crippen LogP contribution in [-0.2, 0) is 0 Å². The zero-order valence-electron chi connectivity index (χ0n) is 7.60. The smallest absolute Gasteiger partial charge is 0.0491 e. The highest BCUT2D eigenvalue weighted by Crippen LogP contribution is 2.32. The molecule has 0 bridgehead atoms. The normalized spacial score (nSPS) is 17.1. The average molecular weight is 197 g/mol. The third kappa shape index (κ3) is 1.40. The molecule has 0 saturated carbocycles. The molecular formula is C10H13ClN2. The Kier molecular flexibility index (Phi) is 2.18. The summed E-state index contributed by atoms with van der Waals surface area (Å²) in [5.41, 5.74) is 8.76. The highest BCUT2D eigenvalue weighted by atomic mass is 35.5. The van der Waals surface area contributed by atoms with Crippen LogP contribution in [0, 0.1) is 6.92 Å². The van der Waals surface area contributed by atoms with E-state index in [1.54, 1.807) is 0 Å². The van der Waals surface area contributed by atoms with Gasteiger partial charge in [0.1, 0.15) is 0 Å². The number of halogens is 1. The monoisotopic (exact) mass is 196 g/mol. The first-order chi connectivity index (χ1) is 6.20. The van der Waals surface area contributed by atoms with Gasteiger partial charge in [0.15, 0.2) is 0 Å². The number of hydrogen-bond donors (Lipinski definition) is 2. The molecule has 0 radical (unpaired) electrons. The summed E-state index contributed by atoms with van der Waals surface area (Å²) < 4.78 is 0. The van der Waals surface area contributed by atoms with Gasteiger partial charge in [0.05, 0.1) is 0 Å². The van der Waals surface area contributed by atoms with Crippen LogP contribution in [0.3, 0.4) is 0 Å². The highest BCUT2D eigenvalue weighted by molar-refractivity contribution is 6.32. The Morgan fingerprint density at radius 2 is 2.15 bits per heavy atom. The van der Waals surface area contributed by atoms with Crippen molar-refractivity contribution < 1.29 is 0 Å². The van der Waals surface area contributed by atoms with Gasteiger partial charge < -0.3 is 11.1 Å². The Balaban J connectivity index is 2.41. The molecular weight excluding hydrogens is 184 g/mol. The second kappa shape index (κ2) is 3.20. The van der Waals surface area contributed by atoms with Crippen molar-refractivity contribution in [2.45, 2.75) is 12.8 Å². The summed E-state index contributed by atoms with van der Waals surface area (Å²) in [5.74, 6) is 0.576. The Hall–Kier alpha value is -0.730. The number of nitrogens with one attached hydrogen (secondary N) is 1. The van der Waals surface area contributed by atoms with E-state index in [9.17, 15) is 0 Å². The summed E-state index contributed by atoms with van der Waals surface area (Å²) in [4.78, 5) is 0. The van der Waals surface area contributed by atoms with Crippen LogP contribution < -0.4 is 11.1 Å². The molecule has 70 valence electrons. The van der Waals surface area contributed by atoms with Gasteiger partial charge in [0.25, 0.3) is 0 Å².